The van der Waals surface area contributed by atoms with E-state index in [-0.39, 0.29) is 12.2 Å². The number of hydrogen-bond acceptors (Lipinski definition) is 4. The molecule has 10 heteroatoms. The predicted molar refractivity (Wildman–Crippen MR) is 103 cm³/mol. The Morgan fingerprint density at radius 2 is 1.86 bits per heavy atom. The lowest BCUT2D eigenvalue weighted by Crippen LogP contribution is -2.43. The average molecular weight is 459 g/mol. The van der Waals surface area contributed by atoms with Crippen molar-refractivity contribution in [2.75, 3.05) is 24.2 Å². The quantitative estimate of drug-likeness (QED) is 0.690. The van der Waals surface area contributed by atoms with Gasteiger partial charge in [-0.2, -0.15) is 13.2 Å². The van der Waals surface area contributed by atoms with Crippen LogP contribution < -0.4 is 10.6 Å². The molecule has 1 heterocycles. The van der Waals surface area contributed by atoms with Gasteiger partial charge in [0.2, 0.25) is 11.8 Å². The standard InChI is InChI=1S/C18H18BrF3N4O2/c1-11(17(28)24-14-6-4-3-5-13(14)18(20,21)22)26(2)10-16(27)25-15-8-7-12(19)9-23-15/h3-9,11H,10H2,1-2H3,(H,24,28)(H,23,25,27). The number of carbonyl (C=O) groups excluding carboxylic acids is 2. The molecule has 0 saturated heterocycles. The third-order valence-corrected chi connectivity index (χ3v) is 4.39. The molecule has 28 heavy (non-hydrogen) atoms. The van der Waals surface area contributed by atoms with Crippen molar-refractivity contribution < 1.29 is 22.8 Å². The third-order valence-electron chi connectivity index (χ3n) is 3.92. The molecule has 2 amide bonds. The molecule has 2 rings (SSSR count). The Morgan fingerprint density at radius 1 is 1.18 bits per heavy atom. The summed E-state index contributed by atoms with van der Waals surface area (Å²) in [6.45, 7) is 1.35. The molecule has 0 aliphatic carbocycles. The maximum Gasteiger partial charge on any atom is 0.418 e. The van der Waals surface area contributed by atoms with Crippen molar-refractivity contribution in [2.45, 2.75) is 19.1 Å². The van der Waals surface area contributed by atoms with E-state index in [0.29, 0.717) is 5.82 Å². The average Bonchev–Trinajstić information content (AvgIpc) is 2.62. The summed E-state index contributed by atoms with van der Waals surface area (Å²) in [4.78, 5) is 29.9. The highest BCUT2D eigenvalue weighted by atomic mass is 79.9. The van der Waals surface area contributed by atoms with Crippen LogP contribution in [0.25, 0.3) is 0 Å². The van der Waals surface area contributed by atoms with Crippen LogP contribution in [-0.4, -0.2) is 41.3 Å². The van der Waals surface area contributed by atoms with Gasteiger partial charge in [-0.3, -0.25) is 14.5 Å². The smallest absolute Gasteiger partial charge is 0.324 e. The van der Waals surface area contributed by atoms with E-state index < -0.39 is 29.6 Å². The predicted octanol–water partition coefficient (Wildman–Crippen LogP) is 3.76. The van der Waals surface area contributed by atoms with E-state index in [2.05, 4.69) is 31.5 Å². The Balaban J connectivity index is 1.97. The van der Waals surface area contributed by atoms with E-state index >= 15 is 0 Å². The molecule has 1 aromatic carbocycles. The number of halogens is 4. The number of alkyl halides is 3. The molecule has 0 aliphatic heterocycles. The number of nitrogens with one attached hydrogen (secondary N) is 2. The number of aromatic nitrogens is 1. The highest BCUT2D eigenvalue weighted by Gasteiger charge is 2.34. The molecule has 2 aromatic rings. The van der Waals surface area contributed by atoms with Crippen LogP contribution in [0.2, 0.25) is 0 Å². The van der Waals surface area contributed by atoms with Gasteiger partial charge in [-0.05, 0) is 54.2 Å². The monoisotopic (exact) mass is 458 g/mol. The lowest BCUT2D eigenvalue weighted by atomic mass is 10.1. The molecular formula is C18H18BrF3N4O2. The van der Waals surface area contributed by atoms with Crippen molar-refractivity contribution >= 4 is 39.2 Å². The normalized spacial score (nSPS) is 12.5. The molecule has 0 radical (unpaired) electrons. The van der Waals surface area contributed by atoms with Crippen molar-refractivity contribution in [3.8, 4) is 0 Å². The molecular weight excluding hydrogens is 441 g/mol. The first-order valence-electron chi connectivity index (χ1n) is 8.16. The molecule has 0 fully saturated rings. The summed E-state index contributed by atoms with van der Waals surface area (Å²) in [5.74, 6) is -0.723. The van der Waals surface area contributed by atoms with Gasteiger partial charge in [0.25, 0.3) is 0 Å². The summed E-state index contributed by atoms with van der Waals surface area (Å²) < 4.78 is 39.9. The van der Waals surface area contributed by atoms with Gasteiger partial charge in [-0.1, -0.05) is 12.1 Å². The minimum absolute atomic E-state index is 0.146. The highest BCUT2D eigenvalue weighted by molar-refractivity contribution is 9.10. The highest BCUT2D eigenvalue weighted by Crippen LogP contribution is 2.34. The summed E-state index contributed by atoms with van der Waals surface area (Å²) in [6.07, 6.45) is -3.07. The van der Waals surface area contributed by atoms with Crippen molar-refractivity contribution in [3.05, 3.63) is 52.6 Å². The summed E-state index contributed by atoms with van der Waals surface area (Å²) in [7, 11) is 1.52. The number of likely N-dealkylation sites (N-methyl/N-ethyl adjacent to an activating group) is 1. The fourth-order valence-electron chi connectivity index (χ4n) is 2.27. The van der Waals surface area contributed by atoms with Crippen molar-refractivity contribution in [1.29, 1.82) is 0 Å². The van der Waals surface area contributed by atoms with Gasteiger partial charge in [0.05, 0.1) is 23.8 Å². The zero-order valence-corrected chi connectivity index (χ0v) is 16.6. The van der Waals surface area contributed by atoms with Crippen LogP contribution in [0.1, 0.15) is 12.5 Å². The van der Waals surface area contributed by atoms with Crippen LogP contribution in [0.15, 0.2) is 47.1 Å². The topological polar surface area (TPSA) is 74.3 Å². The first-order chi connectivity index (χ1) is 13.1. The summed E-state index contributed by atoms with van der Waals surface area (Å²) in [5, 5.41) is 4.86. The first kappa shape index (κ1) is 21.8. The number of amides is 2. The second-order valence-electron chi connectivity index (χ2n) is 6.03. The molecule has 0 aliphatic rings. The van der Waals surface area contributed by atoms with E-state index in [0.717, 1.165) is 10.5 Å². The van der Waals surface area contributed by atoms with Gasteiger partial charge in [0.1, 0.15) is 5.82 Å². The molecule has 1 unspecified atom stereocenters. The van der Waals surface area contributed by atoms with Gasteiger partial charge in [0, 0.05) is 10.7 Å². The molecule has 150 valence electrons. The lowest BCUT2D eigenvalue weighted by Gasteiger charge is -2.24. The number of benzene rings is 1. The second kappa shape index (κ2) is 9.16. The Labute approximate surface area is 168 Å². The van der Waals surface area contributed by atoms with Crippen molar-refractivity contribution in [1.82, 2.24) is 9.88 Å². The number of pyridine rings is 1. The van der Waals surface area contributed by atoms with Crippen molar-refractivity contribution in [3.63, 3.8) is 0 Å². The largest absolute Gasteiger partial charge is 0.418 e. The van der Waals surface area contributed by atoms with Crippen LogP contribution in [-0.2, 0) is 15.8 Å². The van der Waals surface area contributed by atoms with Gasteiger partial charge in [-0.25, -0.2) is 4.98 Å². The number of para-hydroxylation sites is 1. The molecule has 0 bridgehead atoms. The third kappa shape index (κ3) is 6.03. The number of hydrogen-bond donors (Lipinski definition) is 2. The minimum atomic E-state index is -4.59. The molecule has 0 saturated carbocycles. The SMILES string of the molecule is CC(C(=O)Nc1ccccc1C(F)(F)F)N(C)CC(=O)Nc1ccc(Br)cn1. The molecule has 1 aromatic heterocycles. The number of nitrogens with zero attached hydrogens (tertiary/aromatic N) is 2. The van der Waals surface area contributed by atoms with Crippen LogP contribution in [0.4, 0.5) is 24.7 Å². The van der Waals surface area contributed by atoms with E-state index in [1.165, 1.54) is 43.3 Å². The van der Waals surface area contributed by atoms with E-state index in [4.69, 9.17) is 0 Å². The second-order valence-corrected chi connectivity index (χ2v) is 6.95. The zero-order valence-electron chi connectivity index (χ0n) is 15.0. The van der Waals surface area contributed by atoms with Gasteiger partial charge < -0.3 is 10.6 Å². The van der Waals surface area contributed by atoms with Gasteiger partial charge in [0.15, 0.2) is 0 Å². The van der Waals surface area contributed by atoms with Crippen LogP contribution >= 0.6 is 15.9 Å². The number of carbonyl (C=O) groups is 2. The summed E-state index contributed by atoms with van der Waals surface area (Å²) >= 11 is 3.23. The molecule has 6 nitrogen and oxygen atoms in total. The minimum Gasteiger partial charge on any atom is -0.324 e. The fourth-order valence-corrected chi connectivity index (χ4v) is 2.51. The molecule has 2 N–H and O–H groups in total. The Hall–Kier alpha value is -2.46. The number of anilines is 2. The molecule has 0 spiro atoms. The van der Waals surface area contributed by atoms with E-state index in [9.17, 15) is 22.8 Å². The zero-order chi connectivity index (χ0) is 20.9. The van der Waals surface area contributed by atoms with E-state index in [1.807, 2.05) is 0 Å². The van der Waals surface area contributed by atoms with Crippen LogP contribution in [0.5, 0.6) is 0 Å². The van der Waals surface area contributed by atoms with E-state index in [1.54, 1.807) is 12.1 Å². The summed E-state index contributed by atoms with van der Waals surface area (Å²) in [5.41, 5.74) is -1.26. The summed E-state index contributed by atoms with van der Waals surface area (Å²) in [6, 6.07) is 7.19. The Kier molecular flexibility index (Phi) is 7.14. The Bertz CT molecular complexity index is 843. The first-order valence-corrected chi connectivity index (χ1v) is 8.96. The fraction of sp³-hybridized carbons (Fsp3) is 0.278. The van der Waals surface area contributed by atoms with Crippen LogP contribution in [0, 0.1) is 0 Å². The maximum atomic E-state index is 13.0. The molecule has 1 atom stereocenters. The van der Waals surface area contributed by atoms with Crippen molar-refractivity contribution in [2.24, 2.45) is 0 Å². The van der Waals surface area contributed by atoms with Gasteiger partial charge in [-0.15, -0.1) is 0 Å². The number of rotatable bonds is 6. The maximum absolute atomic E-state index is 13.0. The van der Waals surface area contributed by atoms with Crippen LogP contribution in [0.3, 0.4) is 0 Å². The van der Waals surface area contributed by atoms with Gasteiger partial charge >= 0.3 is 6.18 Å². The Morgan fingerprint density at radius 3 is 2.46 bits per heavy atom. The lowest BCUT2D eigenvalue weighted by molar-refractivity contribution is -0.137.